The number of carbonyl (C=O) groups is 1. The first-order valence-electron chi connectivity index (χ1n) is 5.79. The third-order valence-corrected chi connectivity index (χ3v) is 5.11. The lowest BCUT2D eigenvalue weighted by Gasteiger charge is -2.10. The maximum atomic E-state index is 12.4. The van der Waals surface area contributed by atoms with Gasteiger partial charge in [-0.1, -0.05) is 0 Å². The van der Waals surface area contributed by atoms with Crippen LogP contribution in [-0.4, -0.2) is 29.7 Å². The number of H-pyrrole nitrogens is 1. The summed E-state index contributed by atoms with van der Waals surface area (Å²) in [7, 11) is -3.86. The number of rotatable bonds is 4. The molecule has 112 valence electrons. The van der Waals surface area contributed by atoms with Crippen molar-refractivity contribution in [1.29, 1.82) is 0 Å². The van der Waals surface area contributed by atoms with E-state index in [9.17, 15) is 13.2 Å². The summed E-state index contributed by atoms with van der Waals surface area (Å²) in [6.07, 6.45) is 0. The van der Waals surface area contributed by atoms with Crippen molar-refractivity contribution >= 4 is 37.6 Å². The summed E-state index contributed by atoms with van der Waals surface area (Å²) < 4.78 is 27.6. The first-order valence-corrected chi connectivity index (χ1v) is 8.07. The van der Waals surface area contributed by atoms with Crippen molar-refractivity contribution in [2.75, 3.05) is 4.72 Å². The van der Waals surface area contributed by atoms with Crippen LogP contribution in [0.2, 0.25) is 0 Å². The van der Waals surface area contributed by atoms with E-state index in [1.165, 1.54) is 18.2 Å². The normalized spacial score (nSPS) is 11.4. The van der Waals surface area contributed by atoms with Crippen LogP contribution >= 0.6 is 15.9 Å². The van der Waals surface area contributed by atoms with Crippen molar-refractivity contribution < 1.29 is 18.3 Å². The van der Waals surface area contributed by atoms with Crippen LogP contribution in [0.1, 0.15) is 21.7 Å². The van der Waals surface area contributed by atoms with E-state index in [0.717, 1.165) is 0 Å². The van der Waals surface area contributed by atoms with Crippen LogP contribution < -0.4 is 4.72 Å². The molecule has 0 atom stereocenters. The molecule has 0 aliphatic carbocycles. The number of aryl methyl sites for hydroxylation is 2. The Bertz CT molecular complexity index is 794. The highest BCUT2D eigenvalue weighted by molar-refractivity contribution is 9.10. The van der Waals surface area contributed by atoms with Gasteiger partial charge in [-0.3, -0.25) is 9.82 Å². The molecule has 0 saturated carbocycles. The standard InChI is InChI=1S/C12H12BrN3O4S/c1-6-11(7(2)15-14-6)21(19,20)16-10-5-8(12(17)18)3-4-9(10)13/h3-5,16H,1-2H3,(H,14,15)(H,17,18). The van der Waals surface area contributed by atoms with Crippen molar-refractivity contribution in [2.45, 2.75) is 18.7 Å². The van der Waals surface area contributed by atoms with Crippen LogP contribution in [0.25, 0.3) is 0 Å². The van der Waals surface area contributed by atoms with Gasteiger partial charge >= 0.3 is 5.97 Å². The molecule has 1 aromatic heterocycles. The number of anilines is 1. The summed E-state index contributed by atoms with van der Waals surface area (Å²) in [5.74, 6) is -1.14. The van der Waals surface area contributed by atoms with Crippen molar-refractivity contribution in [3.05, 3.63) is 39.6 Å². The molecule has 1 aromatic carbocycles. The molecule has 9 heteroatoms. The van der Waals surface area contributed by atoms with Gasteiger partial charge in [-0.15, -0.1) is 0 Å². The highest BCUT2D eigenvalue weighted by Crippen LogP contribution is 2.27. The number of sulfonamides is 1. The van der Waals surface area contributed by atoms with Crippen LogP contribution in [0.5, 0.6) is 0 Å². The molecule has 2 rings (SSSR count). The number of nitrogens with zero attached hydrogens (tertiary/aromatic N) is 1. The molecule has 2 aromatic rings. The van der Waals surface area contributed by atoms with Gasteiger partial charge in [0.05, 0.1) is 22.6 Å². The molecule has 0 saturated heterocycles. The van der Waals surface area contributed by atoms with Crippen LogP contribution in [0.3, 0.4) is 0 Å². The first-order chi connectivity index (χ1) is 9.72. The summed E-state index contributed by atoms with van der Waals surface area (Å²) >= 11 is 3.19. The minimum absolute atomic E-state index is 0.0171. The zero-order valence-corrected chi connectivity index (χ0v) is 13.5. The highest BCUT2D eigenvalue weighted by atomic mass is 79.9. The maximum Gasteiger partial charge on any atom is 0.335 e. The van der Waals surface area contributed by atoms with E-state index in [4.69, 9.17) is 5.11 Å². The zero-order chi connectivity index (χ0) is 15.8. The average molecular weight is 374 g/mol. The Morgan fingerprint density at radius 2 is 2.05 bits per heavy atom. The van der Waals surface area contributed by atoms with E-state index in [0.29, 0.717) is 15.9 Å². The Morgan fingerprint density at radius 3 is 2.57 bits per heavy atom. The molecule has 7 nitrogen and oxygen atoms in total. The van der Waals surface area contributed by atoms with Gasteiger partial charge in [-0.2, -0.15) is 5.10 Å². The molecule has 0 radical (unpaired) electrons. The summed E-state index contributed by atoms with van der Waals surface area (Å²) in [6.45, 7) is 3.16. The number of carboxylic acids is 1. The zero-order valence-electron chi connectivity index (χ0n) is 11.1. The Kier molecular flexibility index (Phi) is 4.06. The number of aromatic amines is 1. The molecule has 0 fully saturated rings. The smallest absolute Gasteiger partial charge is 0.335 e. The van der Waals surface area contributed by atoms with Crippen molar-refractivity contribution in [3.8, 4) is 0 Å². The molecular formula is C12H12BrN3O4S. The summed E-state index contributed by atoms with van der Waals surface area (Å²) in [5, 5.41) is 15.4. The predicted octanol–water partition coefficient (Wildman–Crippen LogP) is 2.29. The SMILES string of the molecule is Cc1n[nH]c(C)c1S(=O)(=O)Nc1cc(C(=O)O)ccc1Br. The van der Waals surface area contributed by atoms with E-state index in [1.54, 1.807) is 13.8 Å². The van der Waals surface area contributed by atoms with E-state index in [1.807, 2.05) is 0 Å². The van der Waals surface area contributed by atoms with Gasteiger partial charge < -0.3 is 5.11 Å². The number of benzene rings is 1. The molecule has 0 unspecified atom stereocenters. The fraction of sp³-hybridized carbons (Fsp3) is 0.167. The molecule has 21 heavy (non-hydrogen) atoms. The number of halogens is 1. The van der Waals surface area contributed by atoms with E-state index in [-0.39, 0.29) is 16.1 Å². The topological polar surface area (TPSA) is 112 Å². The van der Waals surface area contributed by atoms with E-state index in [2.05, 4.69) is 30.8 Å². The monoisotopic (exact) mass is 373 g/mol. The third kappa shape index (κ3) is 3.08. The quantitative estimate of drug-likeness (QED) is 0.760. The number of hydrogen-bond acceptors (Lipinski definition) is 4. The van der Waals surface area contributed by atoms with Crippen molar-refractivity contribution in [2.24, 2.45) is 0 Å². The van der Waals surface area contributed by atoms with Crippen LogP contribution in [-0.2, 0) is 10.0 Å². The molecule has 0 spiro atoms. The number of hydrogen-bond donors (Lipinski definition) is 3. The second-order valence-corrected chi connectivity index (χ2v) is 6.84. The maximum absolute atomic E-state index is 12.4. The van der Waals surface area contributed by atoms with Crippen LogP contribution in [0, 0.1) is 13.8 Å². The van der Waals surface area contributed by atoms with Gasteiger partial charge in [0.15, 0.2) is 0 Å². The lowest BCUT2D eigenvalue weighted by atomic mass is 10.2. The van der Waals surface area contributed by atoms with Gasteiger partial charge in [0, 0.05) is 4.47 Å². The lowest BCUT2D eigenvalue weighted by molar-refractivity contribution is 0.0697. The van der Waals surface area contributed by atoms with Crippen molar-refractivity contribution in [1.82, 2.24) is 10.2 Å². The van der Waals surface area contributed by atoms with E-state index >= 15 is 0 Å². The Hall–Kier alpha value is -1.87. The molecule has 0 aliphatic rings. The Morgan fingerprint density at radius 1 is 1.38 bits per heavy atom. The fourth-order valence-corrected chi connectivity index (χ4v) is 3.79. The number of carboxylic acid groups (broad SMARTS) is 1. The second kappa shape index (κ2) is 5.49. The van der Waals surface area contributed by atoms with Gasteiger partial charge in [0.2, 0.25) is 0 Å². The number of aromatic nitrogens is 2. The van der Waals surface area contributed by atoms with Gasteiger partial charge in [-0.05, 0) is 48.0 Å². The van der Waals surface area contributed by atoms with Gasteiger partial charge in [0.25, 0.3) is 10.0 Å². The number of nitrogens with one attached hydrogen (secondary N) is 2. The average Bonchev–Trinajstić information content (AvgIpc) is 2.71. The second-order valence-electron chi connectivity index (χ2n) is 4.37. The molecule has 1 heterocycles. The van der Waals surface area contributed by atoms with Crippen molar-refractivity contribution in [3.63, 3.8) is 0 Å². The lowest BCUT2D eigenvalue weighted by Crippen LogP contribution is -2.15. The Labute approximate surface area is 129 Å². The minimum Gasteiger partial charge on any atom is -0.478 e. The summed E-state index contributed by atoms with van der Waals surface area (Å²) in [6, 6.07) is 4.09. The third-order valence-electron chi connectivity index (χ3n) is 2.79. The van der Waals surface area contributed by atoms with Crippen LogP contribution in [0.4, 0.5) is 5.69 Å². The molecule has 0 bridgehead atoms. The fourth-order valence-electron chi connectivity index (χ4n) is 1.87. The summed E-state index contributed by atoms with van der Waals surface area (Å²) in [4.78, 5) is 11.0. The van der Waals surface area contributed by atoms with Crippen LogP contribution in [0.15, 0.2) is 27.6 Å². The highest BCUT2D eigenvalue weighted by Gasteiger charge is 2.23. The predicted molar refractivity (Wildman–Crippen MR) is 80.0 cm³/mol. The molecule has 3 N–H and O–H groups in total. The first kappa shape index (κ1) is 15.5. The number of aromatic carboxylic acids is 1. The molecule has 0 amide bonds. The largest absolute Gasteiger partial charge is 0.478 e. The minimum atomic E-state index is -3.86. The van der Waals surface area contributed by atoms with E-state index < -0.39 is 16.0 Å². The Balaban J connectivity index is 2.46. The summed E-state index contributed by atoms with van der Waals surface area (Å²) in [5.41, 5.74) is 0.877. The molecule has 0 aliphatic heterocycles. The van der Waals surface area contributed by atoms with Gasteiger partial charge in [-0.25, -0.2) is 13.2 Å². The van der Waals surface area contributed by atoms with Gasteiger partial charge in [0.1, 0.15) is 4.90 Å². The molecular weight excluding hydrogens is 362 g/mol.